The number of piperidine rings is 1. The van der Waals surface area contributed by atoms with Gasteiger partial charge in [-0.1, -0.05) is 30.3 Å². The van der Waals surface area contributed by atoms with E-state index >= 15 is 0 Å². The first-order chi connectivity index (χ1) is 10.8. The molecule has 1 amide bonds. The third kappa shape index (κ3) is 3.26. The largest absolute Gasteiger partial charge is 0.395 e. The van der Waals surface area contributed by atoms with Gasteiger partial charge in [0, 0.05) is 30.2 Å². The molecule has 0 spiro atoms. The second-order valence-electron chi connectivity index (χ2n) is 5.18. The smallest absolute Gasteiger partial charge is 0.245 e. The first kappa shape index (κ1) is 14.9. The van der Waals surface area contributed by atoms with Gasteiger partial charge in [-0.3, -0.25) is 4.79 Å². The maximum absolute atomic E-state index is 12.3. The van der Waals surface area contributed by atoms with Crippen molar-refractivity contribution in [2.45, 2.75) is 18.9 Å². The number of aliphatic hydroxyl groups is 1. The van der Waals surface area contributed by atoms with Crippen molar-refractivity contribution < 1.29 is 9.90 Å². The molecule has 0 bridgehead atoms. The van der Waals surface area contributed by atoms with Gasteiger partial charge >= 0.3 is 0 Å². The zero-order valence-corrected chi connectivity index (χ0v) is 12.9. The van der Waals surface area contributed by atoms with Crippen LogP contribution in [0, 0.1) is 0 Å². The molecule has 2 N–H and O–H groups in total. The van der Waals surface area contributed by atoms with Gasteiger partial charge in [0.05, 0.1) is 6.61 Å². The Kier molecular flexibility index (Phi) is 4.65. The fourth-order valence-corrected chi connectivity index (χ4v) is 3.19. The number of amides is 1. The standard InChI is InChI=1S/C15H18N4O2S/c20-10-9-19-8-4-7-12(14(19)21)16-15-17-13(18-22-15)11-5-2-1-3-6-11/h1-3,5-6,12,20H,4,7-10H2,(H,16,17,18)/t12-/m0/s1. The zero-order valence-electron chi connectivity index (χ0n) is 12.1. The van der Waals surface area contributed by atoms with Crippen LogP contribution in [0.3, 0.4) is 0 Å². The number of likely N-dealkylation sites (tertiary alicyclic amines) is 1. The molecule has 0 aliphatic carbocycles. The van der Waals surface area contributed by atoms with Crippen LogP contribution in [0.25, 0.3) is 11.4 Å². The van der Waals surface area contributed by atoms with E-state index in [2.05, 4.69) is 14.7 Å². The molecule has 2 heterocycles. The molecule has 1 aliphatic rings. The number of carbonyl (C=O) groups is 1. The number of hydrogen-bond acceptors (Lipinski definition) is 6. The van der Waals surface area contributed by atoms with Crippen molar-refractivity contribution in [1.29, 1.82) is 0 Å². The molecule has 6 nitrogen and oxygen atoms in total. The molecule has 1 fully saturated rings. The summed E-state index contributed by atoms with van der Waals surface area (Å²) in [5.41, 5.74) is 0.962. The van der Waals surface area contributed by atoms with Crippen molar-refractivity contribution >= 4 is 22.6 Å². The average Bonchev–Trinajstić information content (AvgIpc) is 3.01. The van der Waals surface area contributed by atoms with Gasteiger partial charge < -0.3 is 15.3 Å². The number of aliphatic hydroxyl groups excluding tert-OH is 1. The van der Waals surface area contributed by atoms with Crippen LogP contribution < -0.4 is 5.32 Å². The summed E-state index contributed by atoms with van der Waals surface area (Å²) in [4.78, 5) is 18.5. The summed E-state index contributed by atoms with van der Waals surface area (Å²) in [6, 6.07) is 9.48. The summed E-state index contributed by atoms with van der Waals surface area (Å²) in [5, 5.41) is 12.8. The Morgan fingerprint density at radius 3 is 2.95 bits per heavy atom. The highest BCUT2D eigenvalue weighted by Crippen LogP contribution is 2.23. The second-order valence-corrected chi connectivity index (χ2v) is 5.93. The van der Waals surface area contributed by atoms with E-state index in [1.165, 1.54) is 11.5 Å². The summed E-state index contributed by atoms with van der Waals surface area (Å²) in [6.07, 6.45) is 1.70. The molecule has 1 saturated heterocycles. The predicted octanol–water partition coefficient (Wildman–Crippen LogP) is 1.60. The molecular formula is C15H18N4O2S. The monoisotopic (exact) mass is 318 g/mol. The van der Waals surface area contributed by atoms with Gasteiger partial charge in [0.2, 0.25) is 11.0 Å². The molecule has 116 valence electrons. The fraction of sp³-hybridized carbons (Fsp3) is 0.400. The van der Waals surface area contributed by atoms with Gasteiger partial charge in [-0.05, 0) is 12.8 Å². The van der Waals surface area contributed by atoms with Crippen molar-refractivity contribution in [3.05, 3.63) is 30.3 Å². The molecule has 0 radical (unpaired) electrons. The van der Waals surface area contributed by atoms with Crippen LogP contribution in [-0.4, -0.2) is 51.0 Å². The van der Waals surface area contributed by atoms with Gasteiger partial charge in [0.25, 0.3) is 0 Å². The summed E-state index contributed by atoms with van der Waals surface area (Å²) in [5.74, 6) is 0.695. The van der Waals surface area contributed by atoms with Crippen LogP contribution in [0.15, 0.2) is 30.3 Å². The summed E-state index contributed by atoms with van der Waals surface area (Å²) in [7, 11) is 0. The first-order valence-corrected chi connectivity index (χ1v) is 8.10. The molecule has 22 heavy (non-hydrogen) atoms. The number of anilines is 1. The third-order valence-corrected chi connectivity index (χ3v) is 4.30. The zero-order chi connectivity index (χ0) is 15.4. The van der Waals surface area contributed by atoms with Crippen LogP contribution in [0.1, 0.15) is 12.8 Å². The molecule has 0 saturated carbocycles. The van der Waals surface area contributed by atoms with Crippen molar-refractivity contribution in [3.63, 3.8) is 0 Å². The number of nitrogens with zero attached hydrogens (tertiary/aromatic N) is 3. The third-order valence-electron chi connectivity index (χ3n) is 3.66. The molecule has 1 aromatic carbocycles. The fourth-order valence-electron chi connectivity index (χ4n) is 2.55. The Labute approximate surface area is 133 Å². The Morgan fingerprint density at radius 1 is 1.36 bits per heavy atom. The minimum absolute atomic E-state index is 0.00454. The van der Waals surface area contributed by atoms with E-state index in [1.54, 1.807) is 4.90 Å². The van der Waals surface area contributed by atoms with E-state index in [9.17, 15) is 4.79 Å². The van der Waals surface area contributed by atoms with Crippen molar-refractivity contribution in [2.24, 2.45) is 0 Å². The Bertz CT molecular complexity index is 629. The minimum atomic E-state index is -0.281. The van der Waals surface area contributed by atoms with Gasteiger partial charge in [0.1, 0.15) is 6.04 Å². The van der Waals surface area contributed by atoms with E-state index in [0.29, 0.717) is 24.0 Å². The predicted molar refractivity (Wildman–Crippen MR) is 85.7 cm³/mol. The highest BCUT2D eigenvalue weighted by atomic mass is 32.1. The number of β-amino-alcohol motifs (C(OH)–C–C–N with tert-alkyl or cyclic N) is 1. The van der Waals surface area contributed by atoms with Gasteiger partial charge in [-0.15, -0.1) is 0 Å². The van der Waals surface area contributed by atoms with Crippen molar-refractivity contribution in [3.8, 4) is 11.4 Å². The average molecular weight is 318 g/mol. The molecular weight excluding hydrogens is 300 g/mol. The van der Waals surface area contributed by atoms with E-state index in [4.69, 9.17) is 5.11 Å². The van der Waals surface area contributed by atoms with Gasteiger partial charge in [0.15, 0.2) is 5.82 Å². The number of aromatic nitrogens is 2. The first-order valence-electron chi connectivity index (χ1n) is 7.33. The molecule has 1 atom stereocenters. The van der Waals surface area contributed by atoms with Crippen LogP contribution in [0.5, 0.6) is 0 Å². The maximum atomic E-state index is 12.3. The highest BCUT2D eigenvalue weighted by molar-refractivity contribution is 7.09. The normalized spacial score (nSPS) is 18.5. The maximum Gasteiger partial charge on any atom is 0.245 e. The molecule has 3 rings (SSSR count). The number of rotatable bonds is 5. The summed E-state index contributed by atoms with van der Waals surface area (Å²) >= 11 is 1.26. The van der Waals surface area contributed by atoms with Crippen molar-refractivity contribution in [2.75, 3.05) is 25.0 Å². The number of hydrogen-bond donors (Lipinski definition) is 2. The molecule has 7 heteroatoms. The lowest BCUT2D eigenvalue weighted by Gasteiger charge is -2.31. The van der Waals surface area contributed by atoms with E-state index in [-0.39, 0.29) is 18.6 Å². The topological polar surface area (TPSA) is 78.4 Å². The van der Waals surface area contributed by atoms with E-state index in [0.717, 1.165) is 18.4 Å². The number of nitrogens with one attached hydrogen (secondary N) is 1. The molecule has 2 aromatic rings. The van der Waals surface area contributed by atoms with E-state index in [1.807, 2.05) is 30.3 Å². The lowest BCUT2D eigenvalue weighted by molar-refractivity contribution is -0.134. The Hall–Kier alpha value is -1.99. The quantitative estimate of drug-likeness (QED) is 0.875. The lowest BCUT2D eigenvalue weighted by Crippen LogP contribution is -2.48. The minimum Gasteiger partial charge on any atom is -0.395 e. The highest BCUT2D eigenvalue weighted by Gasteiger charge is 2.28. The Balaban J connectivity index is 1.68. The molecule has 1 aliphatic heterocycles. The lowest BCUT2D eigenvalue weighted by atomic mass is 10.1. The Morgan fingerprint density at radius 2 is 2.18 bits per heavy atom. The van der Waals surface area contributed by atoms with Crippen LogP contribution >= 0.6 is 11.5 Å². The van der Waals surface area contributed by atoms with Crippen LogP contribution in [0.2, 0.25) is 0 Å². The molecule has 1 aromatic heterocycles. The summed E-state index contributed by atoms with van der Waals surface area (Å²) in [6.45, 7) is 1.10. The van der Waals surface area contributed by atoms with Crippen LogP contribution in [0.4, 0.5) is 5.13 Å². The number of benzene rings is 1. The SMILES string of the molecule is O=C1[C@@H](Nc2nc(-c3ccccc3)ns2)CCCN1CCO. The second kappa shape index (κ2) is 6.85. The number of carbonyl (C=O) groups excluding carboxylic acids is 1. The van der Waals surface area contributed by atoms with Gasteiger partial charge in [-0.2, -0.15) is 9.36 Å². The van der Waals surface area contributed by atoms with Crippen LogP contribution in [-0.2, 0) is 4.79 Å². The summed E-state index contributed by atoms with van der Waals surface area (Å²) < 4.78 is 4.34. The van der Waals surface area contributed by atoms with Crippen molar-refractivity contribution in [1.82, 2.24) is 14.3 Å². The van der Waals surface area contributed by atoms with Gasteiger partial charge in [-0.25, -0.2) is 0 Å². The van der Waals surface area contributed by atoms with E-state index < -0.39 is 0 Å². The molecule has 0 unspecified atom stereocenters.